The zero-order valence-corrected chi connectivity index (χ0v) is 15.1. The van der Waals surface area contributed by atoms with Gasteiger partial charge in [0.15, 0.2) is 0 Å². The number of carbonyl (C=O) groups excluding carboxylic acids is 1. The van der Waals surface area contributed by atoms with Crippen LogP contribution < -0.4 is 20.7 Å². The van der Waals surface area contributed by atoms with Gasteiger partial charge in [0, 0.05) is 22.9 Å². The molecule has 1 amide bonds. The molecule has 0 bridgehead atoms. The predicted molar refractivity (Wildman–Crippen MR) is 103 cm³/mol. The van der Waals surface area contributed by atoms with Crippen LogP contribution in [0, 0.1) is 0 Å². The average Bonchev–Trinajstić information content (AvgIpc) is 2.61. The van der Waals surface area contributed by atoms with E-state index in [0.717, 1.165) is 36.3 Å². The molecule has 5 nitrogen and oxygen atoms in total. The fraction of sp³-hybridized carbons (Fsp3) is 0.316. The van der Waals surface area contributed by atoms with E-state index >= 15 is 0 Å². The SMILES string of the molecule is COc1ccc(Cl)cc1NC(=O)C(C)N1CCCc2c(N)cccc21. The lowest BCUT2D eigenvalue weighted by atomic mass is 9.98. The Morgan fingerprint density at radius 2 is 2.16 bits per heavy atom. The summed E-state index contributed by atoms with van der Waals surface area (Å²) < 4.78 is 5.29. The van der Waals surface area contributed by atoms with E-state index in [9.17, 15) is 4.79 Å². The van der Waals surface area contributed by atoms with Crippen LogP contribution >= 0.6 is 11.6 Å². The molecule has 0 spiro atoms. The largest absolute Gasteiger partial charge is 0.495 e. The first-order chi connectivity index (χ1) is 12.0. The fourth-order valence-corrected chi connectivity index (χ4v) is 3.41. The quantitative estimate of drug-likeness (QED) is 0.816. The van der Waals surface area contributed by atoms with E-state index in [1.165, 1.54) is 0 Å². The van der Waals surface area contributed by atoms with E-state index in [1.54, 1.807) is 25.3 Å². The Labute approximate surface area is 152 Å². The highest BCUT2D eigenvalue weighted by Gasteiger charge is 2.27. The zero-order valence-electron chi connectivity index (χ0n) is 14.4. The molecule has 3 N–H and O–H groups in total. The van der Waals surface area contributed by atoms with Gasteiger partial charge in [0.1, 0.15) is 11.8 Å². The van der Waals surface area contributed by atoms with Gasteiger partial charge in [-0.15, -0.1) is 0 Å². The van der Waals surface area contributed by atoms with Gasteiger partial charge in [-0.25, -0.2) is 0 Å². The summed E-state index contributed by atoms with van der Waals surface area (Å²) in [5.74, 6) is 0.462. The van der Waals surface area contributed by atoms with Gasteiger partial charge in [-0.1, -0.05) is 17.7 Å². The Morgan fingerprint density at radius 1 is 1.36 bits per heavy atom. The fourth-order valence-electron chi connectivity index (χ4n) is 3.24. The highest BCUT2D eigenvalue weighted by molar-refractivity contribution is 6.31. The van der Waals surface area contributed by atoms with E-state index < -0.39 is 0 Å². The number of amides is 1. The summed E-state index contributed by atoms with van der Waals surface area (Å²) >= 11 is 6.04. The van der Waals surface area contributed by atoms with Crippen LogP contribution in [-0.2, 0) is 11.2 Å². The summed E-state index contributed by atoms with van der Waals surface area (Å²) in [6.45, 7) is 2.71. The molecule has 132 valence electrons. The monoisotopic (exact) mass is 359 g/mol. The number of nitrogens with one attached hydrogen (secondary N) is 1. The Morgan fingerprint density at radius 3 is 2.92 bits per heavy atom. The summed E-state index contributed by atoms with van der Waals surface area (Å²) in [6.07, 6.45) is 1.91. The van der Waals surface area contributed by atoms with Gasteiger partial charge in [0.25, 0.3) is 0 Å². The lowest BCUT2D eigenvalue weighted by Crippen LogP contribution is -2.44. The molecule has 1 unspecified atom stereocenters. The summed E-state index contributed by atoms with van der Waals surface area (Å²) in [4.78, 5) is 14.9. The van der Waals surface area contributed by atoms with Crippen molar-refractivity contribution in [2.75, 3.05) is 29.6 Å². The number of nitrogens with zero attached hydrogens (tertiary/aromatic N) is 1. The minimum Gasteiger partial charge on any atom is -0.495 e. The summed E-state index contributed by atoms with van der Waals surface area (Å²) in [7, 11) is 1.56. The molecule has 3 rings (SSSR count). The van der Waals surface area contributed by atoms with Crippen molar-refractivity contribution in [3.63, 3.8) is 0 Å². The smallest absolute Gasteiger partial charge is 0.246 e. The second-order valence-corrected chi connectivity index (χ2v) is 6.59. The summed E-state index contributed by atoms with van der Waals surface area (Å²) in [6, 6.07) is 10.7. The van der Waals surface area contributed by atoms with Gasteiger partial charge < -0.3 is 20.7 Å². The number of hydrogen-bond acceptors (Lipinski definition) is 4. The molecule has 0 saturated carbocycles. The zero-order chi connectivity index (χ0) is 18.0. The Bertz CT molecular complexity index is 794. The lowest BCUT2D eigenvalue weighted by molar-refractivity contribution is -0.117. The third-order valence-corrected chi connectivity index (χ3v) is 4.82. The molecule has 0 aliphatic carbocycles. The molecule has 6 heteroatoms. The first-order valence-electron chi connectivity index (χ1n) is 8.29. The van der Waals surface area contributed by atoms with Crippen molar-refractivity contribution in [3.05, 3.63) is 47.0 Å². The minimum absolute atomic E-state index is 0.115. The number of hydrogen-bond donors (Lipinski definition) is 2. The molecule has 1 aliphatic heterocycles. The Hall–Kier alpha value is -2.40. The van der Waals surface area contributed by atoms with Gasteiger partial charge in [-0.05, 0) is 55.7 Å². The third-order valence-electron chi connectivity index (χ3n) is 4.59. The standard InChI is InChI=1S/C19H22ClN3O2/c1-12(19(24)22-16-11-13(20)8-9-18(16)25-2)23-10-4-5-14-15(21)6-3-7-17(14)23/h3,6-9,11-12H,4-5,10,21H2,1-2H3,(H,22,24). The molecule has 1 atom stereocenters. The first kappa shape index (κ1) is 17.4. The van der Waals surface area contributed by atoms with Crippen molar-refractivity contribution >= 4 is 34.6 Å². The second-order valence-electron chi connectivity index (χ2n) is 6.15. The van der Waals surface area contributed by atoms with Crippen LogP contribution in [0.25, 0.3) is 0 Å². The molecule has 1 aliphatic rings. The van der Waals surface area contributed by atoms with Gasteiger partial charge in [-0.2, -0.15) is 0 Å². The van der Waals surface area contributed by atoms with Crippen LogP contribution in [-0.4, -0.2) is 25.6 Å². The molecule has 2 aromatic rings. The molecular formula is C19H22ClN3O2. The van der Waals surface area contributed by atoms with Gasteiger partial charge in [-0.3, -0.25) is 4.79 Å². The Balaban J connectivity index is 1.83. The summed E-state index contributed by atoms with van der Waals surface area (Å²) in [5.41, 5.74) is 9.60. The van der Waals surface area contributed by atoms with Crippen LogP contribution in [0.2, 0.25) is 5.02 Å². The number of nitrogen functional groups attached to an aromatic ring is 1. The van der Waals surface area contributed by atoms with E-state index in [2.05, 4.69) is 10.2 Å². The van der Waals surface area contributed by atoms with Crippen molar-refractivity contribution < 1.29 is 9.53 Å². The Kier molecular flexibility index (Phi) is 5.04. The van der Waals surface area contributed by atoms with E-state index in [-0.39, 0.29) is 11.9 Å². The second kappa shape index (κ2) is 7.23. The van der Waals surface area contributed by atoms with Crippen molar-refractivity contribution in [3.8, 4) is 5.75 Å². The number of carbonyl (C=O) groups is 1. The molecule has 0 radical (unpaired) electrons. The van der Waals surface area contributed by atoms with E-state index in [0.29, 0.717) is 16.5 Å². The van der Waals surface area contributed by atoms with Crippen LogP contribution in [0.5, 0.6) is 5.75 Å². The van der Waals surface area contributed by atoms with E-state index in [1.807, 2.05) is 25.1 Å². The van der Waals surface area contributed by atoms with Crippen LogP contribution in [0.15, 0.2) is 36.4 Å². The number of anilines is 3. The lowest BCUT2D eigenvalue weighted by Gasteiger charge is -2.36. The summed E-state index contributed by atoms with van der Waals surface area (Å²) in [5, 5.41) is 3.46. The highest BCUT2D eigenvalue weighted by atomic mass is 35.5. The maximum atomic E-state index is 12.8. The number of methoxy groups -OCH3 is 1. The van der Waals surface area contributed by atoms with Crippen molar-refractivity contribution in [2.24, 2.45) is 0 Å². The van der Waals surface area contributed by atoms with Crippen LogP contribution in [0.3, 0.4) is 0 Å². The number of nitrogens with two attached hydrogens (primary N) is 1. The number of benzene rings is 2. The number of fused-ring (bicyclic) bond motifs is 1. The highest BCUT2D eigenvalue weighted by Crippen LogP contribution is 2.33. The third kappa shape index (κ3) is 3.51. The maximum Gasteiger partial charge on any atom is 0.246 e. The molecule has 2 aromatic carbocycles. The molecule has 0 fully saturated rings. The molecular weight excluding hydrogens is 338 g/mol. The number of halogens is 1. The normalized spacial score (nSPS) is 14.6. The van der Waals surface area contributed by atoms with Gasteiger partial charge in [0.05, 0.1) is 12.8 Å². The molecule has 1 heterocycles. The predicted octanol–water partition coefficient (Wildman–Crippen LogP) is 3.71. The molecule has 0 saturated heterocycles. The molecule has 25 heavy (non-hydrogen) atoms. The molecule has 0 aromatic heterocycles. The van der Waals surface area contributed by atoms with Crippen molar-refractivity contribution in [1.82, 2.24) is 0 Å². The van der Waals surface area contributed by atoms with E-state index in [4.69, 9.17) is 22.1 Å². The number of ether oxygens (including phenoxy) is 1. The topological polar surface area (TPSA) is 67.6 Å². The van der Waals surface area contributed by atoms with Gasteiger partial charge >= 0.3 is 0 Å². The van der Waals surface area contributed by atoms with Crippen molar-refractivity contribution in [1.29, 1.82) is 0 Å². The average molecular weight is 360 g/mol. The van der Waals surface area contributed by atoms with Crippen LogP contribution in [0.1, 0.15) is 18.9 Å². The maximum absolute atomic E-state index is 12.8. The first-order valence-corrected chi connectivity index (χ1v) is 8.67. The van der Waals surface area contributed by atoms with Crippen LogP contribution in [0.4, 0.5) is 17.1 Å². The van der Waals surface area contributed by atoms with Gasteiger partial charge in [0.2, 0.25) is 5.91 Å². The number of rotatable bonds is 4. The minimum atomic E-state index is -0.343. The van der Waals surface area contributed by atoms with Crippen molar-refractivity contribution in [2.45, 2.75) is 25.8 Å².